The molecule has 0 radical (unpaired) electrons. The standard InChI is InChI=1S/C23H24ClN5O/c1-3-29-10-8-16-6-7-19(12-21(16)29)28-23(30)18-11-20(24)22(26-14-18)27-15(2)17-5-4-9-25-13-17/h4-7,9,11-15H,3,8,10H2,1-2H3,(H,26,27)(H,28,30). The van der Waals surface area contributed by atoms with Gasteiger partial charge in [0.2, 0.25) is 0 Å². The minimum Gasteiger partial charge on any atom is -0.371 e. The highest BCUT2D eigenvalue weighted by molar-refractivity contribution is 6.33. The first-order chi connectivity index (χ1) is 14.5. The van der Waals surface area contributed by atoms with E-state index in [1.165, 1.54) is 17.4 Å². The number of halogens is 1. The van der Waals surface area contributed by atoms with Crippen LogP contribution in [-0.4, -0.2) is 29.0 Å². The Kier molecular flexibility index (Phi) is 5.86. The Morgan fingerprint density at radius 2 is 2.13 bits per heavy atom. The third-order valence-corrected chi connectivity index (χ3v) is 5.65. The fourth-order valence-electron chi connectivity index (χ4n) is 3.64. The summed E-state index contributed by atoms with van der Waals surface area (Å²) in [7, 11) is 0. The van der Waals surface area contributed by atoms with Crippen LogP contribution < -0.4 is 15.5 Å². The first kappa shape index (κ1) is 20.2. The van der Waals surface area contributed by atoms with Gasteiger partial charge in [-0.05, 0) is 55.7 Å². The third-order valence-electron chi connectivity index (χ3n) is 5.36. The number of aromatic nitrogens is 2. The van der Waals surface area contributed by atoms with Crippen LogP contribution >= 0.6 is 11.6 Å². The zero-order chi connectivity index (χ0) is 21.1. The van der Waals surface area contributed by atoms with Crippen molar-refractivity contribution in [1.29, 1.82) is 0 Å². The van der Waals surface area contributed by atoms with Crippen LogP contribution in [0.3, 0.4) is 0 Å². The van der Waals surface area contributed by atoms with Gasteiger partial charge >= 0.3 is 0 Å². The number of carbonyl (C=O) groups excluding carboxylic acids is 1. The van der Waals surface area contributed by atoms with Crippen LogP contribution in [0, 0.1) is 0 Å². The summed E-state index contributed by atoms with van der Waals surface area (Å²) in [5.74, 6) is 0.290. The van der Waals surface area contributed by atoms with Crippen molar-refractivity contribution >= 4 is 34.7 Å². The molecule has 7 heteroatoms. The molecule has 0 aliphatic carbocycles. The van der Waals surface area contributed by atoms with Crippen LogP contribution in [0.2, 0.25) is 5.02 Å². The molecular weight excluding hydrogens is 398 g/mol. The fourth-order valence-corrected chi connectivity index (χ4v) is 3.86. The van der Waals surface area contributed by atoms with Gasteiger partial charge < -0.3 is 15.5 Å². The quantitative estimate of drug-likeness (QED) is 0.590. The predicted octanol–water partition coefficient (Wildman–Crippen LogP) is 4.94. The van der Waals surface area contributed by atoms with Crippen LogP contribution in [0.25, 0.3) is 0 Å². The Morgan fingerprint density at radius 1 is 1.27 bits per heavy atom. The van der Waals surface area contributed by atoms with Gasteiger partial charge in [0.25, 0.3) is 5.91 Å². The number of amides is 1. The molecule has 1 atom stereocenters. The van der Waals surface area contributed by atoms with Crippen molar-refractivity contribution in [3.63, 3.8) is 0 Å². The lowest BCUT2D eigenvalue weighted by Crippen LogP contribution is -2.19. The number of nitrogens with one attached hydrogen (secondary N) is 2. The van der Waals surface area contributed by atoms with Gasteiger partial charge in [0.1, 0.15) is 5.82 Å². The SMILES string of the molecule is CCN1CCc2ccc(NC(=O)c3cnc(NC(C)c4cccnc4)c(Cl)c3)cc21. The molecule has 4 rings (SSSR count). The van der Waals surface area contributed by atoms with Gasteiger partial charge in [0, 0.05) is 43.1 Å². The molecule has 3 heterocycles. The normalized spacial score (nSPS) is 13.6. The third kappa shape index (κ3) is 4.24. The van der Waals surface area contributed by atoms with Crippen molar-refractivity contribution in [1.82, 2.24) is 9.97 Å². The van der Waals surface area contributed by atoms with E-state index in [2.05, 4.69) is 38.5 Å². The molecule has 3 aromatic rings. The van der Waals surface area contributed by atoms with Crippen molar-refractivity contribution in [2.75, 3.05) is 28.6 Å². The summed E-state index contributed by atoms with van der Waals surface area (Å²) in [4.78, 5) is 23.5. The Balaban J connectivity index is 1.46. The molecule has 0 fully saturated rings. The van der Waals surface area contributed by atoms with E-state index >= 15 is 0 Å². The second kappa shape index (κ2) is 8.71. The molecule has 6 nitrogen and oxygen atoms in total. The van der Waals surface area contributed by atoms with Gasteiger partial charge in [-0.25, -0.2) is 4.98 Å². The highest BCUT2D eigenvalue weighted by Crippen LogP contribution is 2.31. The van der Waals surface area contributed by atoms with Gasteiger partial charge in [-0.2, -0.15) is 0 Å². The predicted molar refractivity (Wildman–Crippen MR) is 122 cm³/mol. The lowest BCUT2D eigenvalue weighted by atomic mass is 10.1. The average molecular weight is 422 g/mol. The summed E-state index contributed by atoms with van der Waals surface area (Å²) in [6.45, 7) is 6.12. The highest BCUT2D eigenvalue weighted by Gasteiger charge is 2.19. The molecule has 2 N–H and O–H groups in total. The van der Waals surface area contributed by atoms with Crippen molar-refractivity contribution < 1.29 is 4.79 Å². The second-order valence-corrected chi connectivity index (χ2v) is 7.74. The number of likely N-dealkylation sites (N-methyl/N-ethyl adjacent to an activating group) is 1. The number of hydrogen-bond acceptors (Lipinski definition) is 5. The molecule has 1 aliphatic rings. The number of pyridine rings is 2. The van der Waals surface area contributed by atoms with Crippen LogP contribution in [0.15, 0.2) is 55.0 Å². The number of carbonyl (C=O) groups is 1. The summed E-state index contributed by atoms with van der Waals surface area (Å²) >= 11 is 6.40. The summed E-state index contributed by atoms with van der Waals surface area (Å²) in [5, 5.41) is 6.61. The molecule has 0 saturated carbocycles. The molecule has 30 heavy (non-hydrogen) atoms. The monoisotopic (exact) mass is 421 g/mol. The van der Waals surface area contributed by atoms with Gasteiger partial charge in [-0.15, -0.1) is 0 Å². The van der Waals surface area contributed by atoms with Crippen LogP contribution in [0.5, 0.6) is 0 Å². The topological polar surface area (TPSA) is 70.2 Å². The summed E-state index contributed by atoms with van der Waals surface area (Å²) in [5.41, 5.74) is 4.71. The van der Waals surface area contributed by atoms with Crippen molar-refractivity contribution in [2.45, 2.75) is 26.3 Å². The Labute approximate surface area is 181 Å². The Morgan fingerprint density at radius 3 is 2.87 bits per heavy atom. The summed E-state index contributed by atoms with van der Waals surface area (Å²) in [6.07, 6.45) is 6.10. The fraction of sp³-hybridized carbons (Fsp3) is 0.261. The Bertz CT molecular complexity index is 1060. The van der Waals surface area contributed by atoms with Gasteiger partial charge in [0.05, 0.1) is 16.6 Å². The van der Waals surface area contributed by atoms with Gasteiger partial charge in [-0.3, -0.25) is 9.78 Å². The maximum atomic E-state index is 12.7. The maximum absolute atomic E-state index is 12.7. The molecule has 0 bridgehead atoms. The van der Waals surface area contributed by atoms with E-state index < -0.39 is 0 Å². The van der Waals surface area contributed by atoms with E-state index in [1.54, 1.807) is 18.5 Å². The zero-order valence-corrected chi connectivity index (χ0v) is 17.8. The minimum absolute atomic E-state index is 0.0173. The molecule has 1 aromatic carbocycles. The molecule has 1 aliphatic heterocycles. The highest BCUT2D eigenvalue weighted by atomic mass is 35.5. The smallest absolute Gasteiger partial charge is 0.257 e. The van der Waals surface area contributed by atoms with Gasteiger partial charge in [-0.1, -0.05) is 23.7 Å². The van der Waals surface area contributed by atoms with E-state index in [4.69, 9.17) is 11.6 Å². The number of nitrogens with zero attached hydrogens (tertiary/aromatic N) is 3. The molecule has 154 valence electrons. The number of hydrogen-bond donors (Lipinski definition) is 2. The summed E-state index contributed by atoms with van der Waals surface area (Å²) < 4.78 is 0. The van der Waals surface area contributed by atoms with Crippen LogP contribution in [0.1, 0.15) is 41.4 Å². The first-order valence-electron chi connectivity index (χ1n) is 10.1. The minimum atomic E-state index is -0.239. The van der Waals surface area contributed by atoms with E-state index in [0.29, 0.717) is 16.4 Å². The van der Waals surface area contributed by atoms with E-state index in [0.717, 1.165) is 30.8 Å². The molecular formula is C23H24ClN5O. The number of benzene rings is 1. The van der Waals surface area contributed by atoms with E-state index in [-0.39, 0.29) is 11.9 Å². The second-order valence-electron chi connectivity index (χ2n) is 7.33. The molecule has 1 unspecified atom stereocenters. The lowest BCUT2D eigenvalue weighted by molar-refractivity contribution is 0.102. The average Bonchev–Trinajstić information content (AvgIpc) is 3.18. The largest absolute Gasteiger partial charge is 0.371 e. The zero-order valence-electron chi connectivity index (χ0n) is 17.0. The van der Waals surface area contributed by atoms with E-state index in [1.807, 2.05) is 31.2 Å². The maximum Gasteiger partial charge on any atom is 0.257 e. The number of anilines is 3. The molecule has 1 amide bonds. The first-order valence-corrected chi connectivity index (χ1v) is 10.4. The van der Waals surface area contributed by atoms with Crippen molar-refractivity contribution in [2.24, 2.45) is 0 Å². The van der Waals surface area contributed by atoms with Crippen LogP contribution in [0.4, 0.5) is 17.2 Å². The van der Waals surface area contributed by atoms with E-state index in [9.17, 15) is 4.79 Å². The number of fused-ring (bicyclic) bond motifs is 1. The van der Waals surface area contributed by atoms with Crippen molar-refractivity contribution in [3.8, 4) is 0 Å². The molecule has 0 spiro atoms. The van der Waals surface area contributed by atoms with Gasteiger partial charge in [0.15, 0.2) is 0 Å². The van der Waals surface area contributed by atoms with Crippen molar-refractivity contribution in [3.05, 3.63) is 76.7 Å². The summed E-state index contributed by atoms with van der Waals surface area (Å²) in [6, 6.07) is 11.5. The van der Waals surface area contributed by atoms with Crippen LogP contribution in [-0.2, 0) is 6.42 Å². The lowest BCUT2D eigenvalue weighted by Gasteiger charge is -2.18. The molecule has 0 saturated heterocycles. The Hall–Kier alpha value is -3.12. The number of rotatable bonds is 6. The molecule has 2 aromatic heterocycles.